The number of hydrogen-bond donors (Lipinski definition) is 0. The van der Waals surface area contributed by atoms with Gasteiger partial charge in [-0.2, -0.15) is 13.2 Å². The van der Waals surface area contributed by atoms with Gasteiger partial charge in [0.05, 0.1) is 0 Å². The van der Waals surface area contributed by atoms with Crippen molar-refractivity contribution >= 4 is 14.0 Å². The van der Waals surface area contributed by atoms with Crippen molar-refractivity contribution in [2.75, 3.05) is 0 Å². The first-order valence-electron chi connectivity index (χ1n) is 1.46. The Balaban J connectivity index is -0.000000245. The van der Waals surface area contributed by atoms with Crippen LogP contribution in [0, 0.1) is 0 Å². The molecule has 46 valence electrons. The maximum Gasteiger partial charge on any atom is 1.00 e. The fourth-order valence-corrected chi connectivity index (χ4v) is 0.0668. The van der Waals surface area contributed by atoms with E-state index in [0.717, 1.165) is 0 Å². The van der Waals surface area contributed by atoms with Gasteiger partial charge in [0.25, 0.3) is 0 Å². The molecule has 0 amide bonds. The van der Waals surface area contributed by atoms with Crippen LogP contribution in [-0.4, -0.2) is 20.2 Å². The molecule has 0 fully saturated rings. The van der Waals surface area contributed by atoms with E-state index in [4.69, 9.17) is 0 Å². The van der Waals surface area contributed by atoms with Crippen molar-refractivity contribution in [3.8, 4) is 0 Å². The van der Waals surface area contributed by atoms with Crippen LogP contribution in [0.4, 0.5) is 13.2 Å². The van der Waals surface area contributed by atoms with Crippen LogP contribution in [0.25, 0.3) is 0 Å². The third kappa shape index (κ3) is 4.43. The zero-order valence-corrected chi connectivity index (χ0v) is 4.53. The summed E-state index contributed by atoms with van der Waals surface area (Å²) in [5.41, 5.74) is 0. The first-order chi connectivity index (χ1) is 3.48. The molecule has 0 aliphatic rings. The van der Waals surface area contributed by atoms with Crippen LogP contribution >= 0.6 is 0 Å². The SMILES string of the molecule is [B]OC(=O)C(F)(F)F.[H-].[Li+]. The van der Waals surface area contributed by atoms with Crippen LogP contribution in [0.1, 0.15) is 1.43 Å². The minimum atomic E-state index is -4.98. The van der Waals surface area contributed by atoms with Crippen LogP contribution in [0.2, 0.25) is 0 Å². The Bertz CT molecular complexity index is 107. The summed E-state index contributed by atoms with van der Waals surface area (Å²) in [5, 5.41) is 0. The monoisotopic (exact) mass is 132 g/mol. The summed E-state index contributed by atoms with van der Waals surface area (Å²) >= 11 is 0. The molecule has 0 saturated heterocycles. The third-order valence-electron chi connectivity index (χ3n) is 0.338. The molecule has 0 aliphatic heterocycles. The average Bonchev–Trinajstić information content (AvgIpc) is 1.62. The fraction of sp³-hybridized carbons (Fsp3) is 0.500. The van der Waals surface area contributed by atoms with Crippen LogP contribution in [0.15, 0.2) is 0 Å². The van der Waals surface area contributed by atoms with Gasteiger partial charge < -0.3 is 6.08 Å². The molecule has 0 atom stereocenters. The van der Waals surface area contributed by atoms with E-state index in [-0.39, 0.29) is 20.3 Å². The predicted octanol–water partition coefficient (Wildman–Crippen LogP) is -2.71. The van der Waals surface area contributed by atoms with Crippen molar-refractivity contribution in [1.29, 1.82) is 0 Å². The van der Waals surface area contributed by atoms with Crippen molar-refractivity contribution in [3.63, 3.8) is 0 Å². The van der Waals surface area contributed by atoms with Gasteiger partial charge in [-0.3, -0.25) is 0 Å². The average molecular weight is 132 g/mol. The van der Waals surface area contributed by atoms with Crippen LogP contribution in [0.5, 0.6) is 0 Å². The normalized spacial score (nSPS) is 9.67. The molecule has 0 spiro atoms. The molecule has 0 N–H and O–H groups in total. The largest absolute Gasteiger partial charge is 1.00 e. The van der Waals surface area contributed by atoms with Crippen molar-refractivity contribution in [2.24, 2.45) is 0 Å². The van der Waals surface area contributed by atoms with Gasteiger partial charge in [0.2, 0.25) is 0 Å². The van der Waals surface area contributed by atoms with Gasteiger partial charge in [-0.1, -0.05) is 0 Å². The third-order valence-corrected chi connectivity index (χ3v) is 0.338. The minimum absolute atomic E-state index is 0. The number of rotatable bonds is 0. The summed E-state index contributed by atoms with van der Waals surface area (Å²) in [5.74, 6) is -2.39. The van der Waals surface area contributed by atoms with E-state index < -0.39 is 12.1 Å². The number of alkyl halides is 3. The maximum atomic E-state index is 10.9. The summed E-state index contributed by atoms with van der Waals surface area (Å²) in [6.45, 7) is 0. The predicted molar refractivity (Wildman–Crippen MR) is 19.0 cm³/mol. The molecule has 9 heavy (non-hydrogen) atoms. The van der Waals surface area contributed by atoms with Crippen LogP contribution in [0.3, 0.4) is 0 Å². The van der Waals surface area contributed by atoms with Gasteiger partial charge in [-0.05, 0) is 0 Å². The molecule has 0 aliphatic carbocycles. The van der Waals surface area contributed by atoms with Gasteiger partial charge in [-0.25, -0.2) is 4.79 Å². The molecule has 0 unspecified atom stereocenters. The Hall–Kier alpha value is -0.0777. The van der Waals surface area contributed by atoms with Gasteiger partial charge in [0, 0.05) is 0 Å². The van der Waals surface area contributed by atoms with Crippen molar-refractivity contribution < 1.29 is 42.9 Å². The molecule has 2 nitrogen and oxygen atoms in total. The molecule has 2 radical (unpaired) electrons. The Morgan fingerprint density at radius 2 is 1.89 bits per heavy atom. The number of carbonyl (C=O) groups excluding carboxylic acids is 1. The van der Waals surface area contributed by atoms with E-state index in [0.29, 0.717) is 0 Å². The zero-order chi connectivity index (χ0) is 6.78. The van der Waals surface area contributed by atoms with E-state index in [1.165, 1.54) is 0 Å². The van der Waals surface area contributed by atoms with Crippen molar-refractivity contribution in [1.82, 2.24) is 0 Å². The van der Waals surface area contributed by atoms with E-state index in [1.807, 2.05) is 0 Å². The second-order valence-electron chi connectivity index (χ2n) is 0.903. The summed E-state index contributed by atoms with van der Waals surface area (Å²) in [6.07, 6.45) is -4.98. The zero-order valence-electron chi connectivity index (χ0n) is 5.53. The molecule has 0 saturated carbocycles. The molecule has 0 rings (SSSR count). The first kappa shape index (κ1) is 11.7. The summed E-state index contributed by atoms with van der Waals surface area (Å²) < 4.78 is 35.5. The van der Waals surface area contributed by atoms with E-state index in [2.05, 4.69) is 12.7 Å². The number of halogens is 3. The number of hydrogen-bond acceptors (Lipinski definition) is 2. The molecule has 0 aromatic heterocycles. The van der Waals surface area contributed by atoms with Crippen LogP contribution < -0.4 is 18.9 Å². The molecular formula is C2HBF3LiO2. The Morgan fingerprint density at radius 3 is 1.89 bits per heavy atom. The molecule has 0 bridgehead atoms. The second kappa shape index (κ2) is 3.86. The smallest absolute Gasteiger partial charge is 1.00 e. The molecule has 0 aromatic rings. The van der Waals surface area contributed by atoms with Gasteiger partial charge in [0.1, 0.15) is 0 Å². The first-order valence-corrected chi connectivity index (χ1v) is 1.46. The topological polar surface area (TPSA) is 26.3 Å². The molecular weight excluding hydrogens is 131 g/mol. The van der Waals surface area contributed by atoms with E-state index >= 15 is 0 Å². The Kier molecular flexibility index (Phi) is 5.01. The second-order valence-corrected chi connectivity index (χ2v) is 0.903. The van der Waals surface area contributed by atoms with E-state index in [9.17, 15) is 18.0 Å². The van der Waals surface area contributed by atoms with Crippen molar-refractivity contribution in [2.45, 2.75) is 6.18 Å². The van der Waals surface area contributed by atoms with Gasteiger partial charge in [0.15, 0.2) is 0 Å². The fourth-order valence-electron chi connectivity index (χ4n) is 0.0668. The van der Waals surface area contributed by atoms with Gasteiger partial charge in [-0.15, -0.1) is 0 Å². The molecule has 7 heteroatoms. The minimum Gasteiger partial charge on any atom is -1.00 e. The summed E-state index contributed by atoms with van der Waals surface area (Å²) in [4.78, 5) is 9.36. The van der Waals surface area contributed by atoms with Gasteiger partial charge >= 0.3 is 39.1 Å². The summed E-state index contributed by atoms with van der Waals surface area (Å²) in [7, 11) is 3.89. The molecule has 0 heterocycles. The van der Waals surface area contributed by atoms with Crippen LogP contribution in [-0.2, 0) is 9.45 Å². The quantitative estimate of drug-likeness (QED) is 0.335. The standard InChI is InChI=1S/C2BF3O2.Li.H/c3-8-1(7)2(4,5)6;;/q;+1;-1. The molecule has 0 aromatic carbocycles. The number of carbonyl (C=O) groups is 1. The van der Waals surface area contributed by atoms with Crippen molar-refractivity contribution in [3.05, 3.63) is 0 Å². The Labute approximate surface area is 63.8 Å². The maximum absolute atomic E-state index is 10.9. The Morgan fingerprint density at radius 1 is 1.56 bits per heavy atom. The van der Waals surface area contributed by atoms with E-state index in [1.54, 1.807) is 0 Å². The summed E-state index contributed by atoms with van der Waals surface area (Å²) in [6, 6.07) is 0.